The number of carbonyl (C=O) groups is 1. The van der Waals surface area contributed by atoms with E-state index in [1.165, 1.54) is 12.1 Å². The van der Waals surface area contributed by atoms with Crippen molar-refractivity contribution in [2.24, 2.45) is 0 Å². The highest BCUT2D eigenvalue weighted by atomic mass is 35.5. The topological polar surface area (TPSA) is 20.3 Å². The molecule has 8 heteroatoms. The zero-order chi connectivity index (χ0) is 20.5. The second-order valence-corrected chi connectivity index (χ2v) is 6.80. The van der Waals surface area contributed by atoms with E-state index < -0.39 is 23.7 Å². The minimum Gasteiger partial charge on any atom is -0.334 e. The van der Waals surface area contributed by atoms with Crippen LogP contribution >= 0.6 is 11.6 Å². The first kappa shape index (κ1) is 20.3. The fraction of sp³-hybridized carbons (Fsp3) is 0.250. The predicted octanol–water partition coefficient (Wildman–Crippen LogP) is 5.28. The van der Waals surface area contributed by atoms with Gasteiger partial charge < -0.3 is 4.90 Å². The lowest BCUT2D eigenvalue weighted by Crippen LogP contribution is -2.42. The largest absolute Gasteiger partial charge is 0.471 e. The highest BCUT2D eigenvalue weighted by Crippen LogP contribution is 2.30. The van der Waals surface area contributed by atoms with Gasteiger partial charge in [0.2, 0.25) is 0 Å². The Balaban J connectivity index is 1.90. The number of benzene rings is 2. The Morgan fingerprint density at radius 3 is 2.43 bits per heavy atom. The summed E-state index contributed by atoms with van der Waals surface area (Å²) in [5.74, 6) is -3.30. The molecule has 0 radical (unpaired) electrons. The number of hydrogen-bond donors (Lipinski definition) is 0. The number of alkyl halides is 3. The molecule has 0 atom stereocenters. The maximum atomic E-state index is 13.8. The van der Waals surface area contributed by atoms with Crippen LogP contribution in [0.1, 0.15) is 22.3 Å². The molecule has 0 aliphatic carbocycles. The average molecular weight is 416 g/mol. The van der Waals surface area contributed by atoms with Gasteiger partial charge in [0, 0.05) is 29.7 Å². The molecule has 0 bridgehead atoms. The lowest BCUT2D eigenvalue weighted by molar-refractivity contribution is -0.185. The predicted molar refractivity (Wildman–Crippen MR) is 96.8 cm³/mol. The summed E-state index contributed by atoms with van der Waals surface area (Å²) in [6.07, 6.45) is -1.50. The maximum absolute atomic E-state index is 13.8. The second kappa shape index (κ2) is 7.91. The van der Waals surface area contributed by atoms with Crippen LogP contribution in [0, 0.1) is 11.6 Å². The van der Waals surface area contributed by atoms with Gasteiger partial charge in [-0.05, 0) is 47.7 Å². The van der Waals surface area contributed by atoms with E-state index in [1.54, 1.807) is 18.2 Å². The van der Waals surface area contributed by atoms with Gasteiger partial charge in [-0.25, -0.2) is 8.78 Å². The van der Waals surface area contributed by atoms with Gasteiger partial charge in [-0.15, -0.1) is 0 Å². The first-order valence-corrected chi connectivity index (χ1v) is 8.84. The Kier molecular flexibility index (Phi) is 5.74. The number of halogens is 6. The van der Waals surface area contributed by atoms with Gasteiger partial charge >= 0.3 is 12.1 Å². The smallest absolute Gasteiger partial charge is 0.334 e. The SMILES string of the molecule is O=C(N1CCc2ccc(Cl)c(C=Cc3ccc(F)cc3F)c2CC1)C(F)(F)F. The van der Waals surface area contributed by atoms with Crippen molar-refractivity contribution in [3.05, 3.63) is 69.2 Å². The molecule has 1 heterocycles. The fourth-order valence-electron chi connectivity index (χ4n) is 3.20. The van der Waals surface area contributed by atoms with Gasteiger partial charge in [-0.2, -0.15) is 13.2 Å². The van der Waals surface area contributed by atoms with Crippen LogP contribution in [0.5, 0.6) is 0 Å². The molecule has 0 unspecified atom stereocenters. The number of amides is 1. The molecule has 2 aromatic rings. The van der Waals surface area contributed by atoms with E-state index in [1.807, 2.05) is 0 Å². The summed E-state index contributed by atoms with van der Waals surface area (Å²) < 4.78 is 65.1. The molecule has 2 nitrogen and oxygen atoms in total. The molecule has 148 valence electrons. The number of hydrogen-bond acceptors (Lipinski definition) is 1. The van der Waals surface area contributed by atoms with E-state index in [-0.39, 0.29) is 31.5 Å². The Labute approximate surface area is 163 Å². The molecule has 1 aliphatic heterocycles. The van der Waals surface area contributed by atoms with Crippen LogP contribution < -0.4 is 0 Å². The molecule has 0 saturated carbocycles. The summed E-state index contributed by atoms with van der Waals surface area (Å²) >= 11 is 6.25. The third kappa shape index (κ3) is 4.35. The Morgan fingerprint density at radius 1 is 1.04 bits per heavy atom. The fourth-order valence-corrected chi connectivity index (χ4v) is 3.44. The van der Waals surface area contributed by atoms with Crippen molar-refractivity contribution < 1.29 is 26.7 Å². The molecule has 0 spiro atoms. The monoisotopic (exact) mass is 415 g/mol. The summed E-state index contributed by atoms with van der Waals surface area (Å²) in [7, 11) is 0. The van der Waals surface area contributed by atoms with Crippen molar-refractivity contribution in [2.45, 2.75) is 19.0 Å². The van der Waals surface area contributed by atoms with E-state index in [4.69, 9.17) is 11.6 Å². The number of rotatable bonds is 2. The van der Waals surface area contributed by atoms with Crippen molar-refractivity contribution in [1.29, 1.82) is 0 Å². The molecule has 1 amide bonds. The lowest BCUT2D eigenvalue weighted by Gasteiger charge is -2.21. The zero-order valence-corrected chi connectivity index (χ0v) is 15.2. The third-order valence-corrected chi connectivity index (χ3v) is 4.94. The molecule has 1 aliphatic rings. The van der Waals surface area contributed by atoms with E-state index in [2.05, 4.69) is 0 Å². The van der Waals surface area contributed by atoms with E-state index in [0.29, 0.717) is 16.1 Å². The first-order chi connectivity index (χ1) is 13.2. The molecule has 0 fully saturated rings. The molecule has 0 N–H and O–H groups in total. The van der Waals surface area contributed by atoms with Crippen molar-refractivity contribution in [3.8, 4) is 0 Å². The number of fused-ring (bicyclic) bond motifs is 1. The van der Waals surface area contributed by atoms with Crippen LogP contribution in [-0.4, -0.2) is 30.1 Å². The minimum absolute atomic E-state index is 0.0529. The molecule has 0 saturated heterocycles. The van der Waals surface area contributed by atoms with Crippen LogP contribution in [0.15, 0.2) is 30.3 Å². The van der Waals surface area contributed by atoms with Gasteiger partial charge in [0.1, 0.15) is 11.6 Å². The van der Waals surface area contributed by atoms with Gasteiger partial charge in [0.05, 0.1) is 0 Å². The van der Waals surface area contributed by atoms with Crippen LogP contribution in [0.25, 0.3) is 12.2 Å². The Morgan fingerprint density at radius 2 is 1.75 bits per heavy atom. The standard InChI is InChI=1S/C20H15ClF5NO/c21-17-6-3-12-7-9-27(19(28)20(24,25)26)10-8-15(12)16(17)5-2-13-1-4-14(22)11-18(13)23/h1-6,11H,7-10H2. The van der Waals surface area contributed by atoms with Crippen molar-refractivity contribution in [1.82, 2.24) is 4.90 Å². The van der Waals surface area contributed by atoms with Crippen LogP contribution in [0.4, 0.5) is 22.0 Å². The molecule has 3 rings (SSSR count). The van der Waals surface area contributed by atoms with E-state index >= 15 is 0 Å². The zero-order valence-electron chi connectivity index (χ0n) is 14.5. The average Bonchev–Trinajstić information content (AvgIpc) is 2.83. The molecule has 2 aromatic carbocycles. The Hall–Kier alpha value is -2.41. The van der Waals surface area contributed by atoms with Crippen LogP contribution in [-0.2, 0) is 17.6 Å². The number of nitrogens with zero attached hydrogens (tertiary/aromatic N) is 1. The molecular formula is C20H15ClF5NO. The summed E-state index contributed by atoms with van der Waals surface area (Å²) in [6.45, 7) is -0.153. The van der Waals surface area contributed by atoms with Crippen LogP contribution in [0.3, 0.4) is 0 Å². The summed E-state index contributed by atoms with van der Waals surface area (Å²) in [4.78, 5) is 12.3. The summed E-state index contributed by atoms with van der Waals surface area (Å²) in [5.41, 5.74) is 2.19. The summed E-state index contributed by atoms with van der Waals surface area (Å²) in [6, 6.07) is 6.49. The van der Waals surface area contributed by atoms with Gasteiger partial charge in [-0.3, -0.25) is 4.79 Å². The normalized spacial score (nSPS) is 14.9. The second-order valence-electron chi connectivity index (χ2n) is 6.39. The third-order valence-electron chi connectivity index (χ3n) is 4.61. The maximum Gasteiger partial charge on any atom is 0.471 e. The highest BCUT2D eigenvalue weighted by molar-refractivity contribution is 6.32. The van der Waals surface area contributed by atoms with Gasteiger partial charge in [-0.1, -0.05) is 29.8 Å². The van der Waals surface area contributed by atoms with E-state index in [9.17, 15) is 26.7 Å². The molecule has 28 heavy (non-hydrogen) atoms. The quantitative estimate of drug-likeness (QED) is 0.483. The van der Waals surface area contributed by atoms with E-state index in [0.717, 1.165) is 22.6 Å². The molecular weight excluding hydrogens is 401 g/mol. The summed E-state index contributed by atoms with van der Waals surface area (Å²) in [5, 5.41) is 0.355. The Bertz CT molecular complexity index is 939. The van der Waals surface area contributed by atoms with Crippen LogP contribution in [0.2, 0.25) is 5.02 Å². The molecule has 0 aromatic heterocycles. The number of carbonyl (C=O) groups excluding carboxylic acids is 1. The van der Waals surface area contributed by atoms with Crippen molar-refractivity contribution in [3.63, 3.8) is 0 Å². The first-order valence-electron chi connectivity index (χ1n) is 8.46. The lowest BCUT2D eigenvalue weighted by atomic mass is 9.96. The highest BCUT2D eigenvalue weighted by Gasteiger charge is 2.42. The van der Waals surface area contributed by atoms with Crippen molar-refractivity contribution >= 4 is 29.7 Å². The van der Waals surface area contributed by atoms with Crippen molar-refractivity contribution in [2.75, 3.05) is 13.1 Å². The minimum atomic E-state index is -4.92. The van der Waals surface area contributed by atoms with Gasteiger partial charge in [0.15, 0.2) is 0 Å². The van der Waals surface area contributed by atoms with Gasteiger partial charge in [0.25, 0.3) is 0 Å².